The van der Waals surface area contributed by atoms with E-state index >= 15 is 0 Å². The third-order valence-corrected chi connectivity index (χ3v) is 2.53. The van der Waals surface area contributed by atoms with Crippen LogP contribution in [0.3, 0.4) is 0 Å². The molecule has 0 aliphatic rings. The van der Waals surface area contributed by atoms with Gasteiger partial charge in [-0.2, -0.15) is 0 Å². The normalized spacial score (nSPS) is 12.2. The lowest BCUT2D eigenvalue weighted by Gasteiger charge is -2.09. The molecule has 18 heavy (non-hydrogen) atoms. The molecule has 94 valence electrons. The van der Waals surface area contributed by atoms with Gasteiger partial charge in [-0.3, -0.25) is 0 Å². The molecule has 4 heteroatoms. The number of benzene rings is 2. The fourth-order valence-corrected chi connectivity index (χ4v) is 1.52. The highest BCUT2D eigenvalue weighted by Crippen LogP contribution is 2.26. The molecule has 0 aliphatic heterocycles. The second-order valence-electron chi connectivity index (χ2n) is 4.03. The first-order chi connectivity index (χ1) is 8.56. The Kier molecular flexibility index (Phi) is 3.58. The minimum absolute atomic E-state index is 0.0787. The smallest absolute Gasteiger partial charge is 0.165 e. The Balaban J connectivity index is 2.21. The van der Waals surface area contributed by atoms with Crippen LogP contribution in [0.15, 0.2) is 42.5 Å². The van der Waals surface area contributed by atoms with Crippen molar-refractivity contribution >= 4 is 0 Å². The average molecular weight is 249 g/mol. The topological polar surface area (TPSA) is 35.2 Å². The summed E-state index contributed by atoms with van der Waals surface area (Å²) in [6.45, 7) is 1.86. The highest BCUT2D eigenvalue weighted by Gasteiger charge is 2.07. The number of rotatable bonds is 3. The van der Waals surface area contributed by atoms with Crippen LogP contribution in [0.4, 0.5) is 8.78 Å². The van der Waals surface area contributed by atoms with E-state index in [1.54, 1.807) is 24.3 Å². The summed E-state index contributed by atoms with van der Waals surface area (Å²) in [5.41, 5.74) is 6.66. The van der Waals surface area contributed by atoms with Gasteiger partial charge in [0.2, 0.25) is 0 Å². The van der Waals surface area contributed by atoms with Crippen molar-refractivity contribution in [2.24, 2.45) is 5.73 Å². The molecule has 2 aromatic rings. The number of halogens is 2. The maximum absolute atomic E-state index is 13.4. The molecular formula is C14H13F2NO. The number of ether oxygens (including phenoxy) is 1. The van der Waals surface area contributed by atoms with Crippen LogP contribution in [0.1, 0.15) is 18.5 Å². The molecule has 0 saturated carbocycles. The Bertz CT molecular complexity index is 538. The van der Waals surface area contributed by atoms with Crippen molar-refractivity contribution in [2.45, 2.75) is 13.0 Å². The van der Waals surface area contributed by atoms with Crippen LogP contribution in [0, 0.1) is 11.6 Å². The highest BCUT2D eigenvalue weighted by atomic mass is 19.1. The number of nitrogens with two attached hydrogens (primary N) is 1. The maximum Gasteiger partial charge on any atom is 0.165 e. The summed E-state index contributed by atoms with van der Waals surface area (Å²) in [7, 11) is 0. The largest absolute Gasteiger partial charge is 0.454 e. The zero-order chi connectivity index (χ0) is 13.1. The van der Waals surface area contributed by atoms with E-state index in [0.717, 1.165) is 23.8 Å². The molecule has 0 aromatic heterocycles. The third kappa shape index (κ3) is 2.84. The molecule has 0 amide bonds. The van der Waals surface area contributed by atoms with E-state index in [-0.39, 0.29) is 11.8 Å². The fraction of sp³-hybridized carbons (Fsp3) is 0.143. The van der Waals surface area contributed by atoms with E-state index in [2.05, 4.69) is 0 Å². The lowest BCUT2D eigenvalue weighted by molar-refractivity contribution is 0.436. The van der Waals surface area contributed by atoms with Gasteiger partial charge in [0.25, 0.3) is 0 Å². The maximum atomic E-state index is 13.4. The number of hydrogen-bond donors (Lipinski definition) is 1. The molecule has 2 N–H and O–H groups in total. The van der Waals surface area contributed by atoms with Crippen molar-refractivity contribution in [3.63, 3.8) is 0 Å². The molecule has 0 fully saturated rings. The molecular weight excluding hydrogens is 236 g/mol. The first-order valence-corrected chi connectivity index (χ1v) is 5.54. The van der Waals surface area contributed by atoms with E-state index in [9.17, 15) is 8.78 Å². The summed E-state index contributed by atoms with van der Waals surface area (Å²) < 4.78 is 31.6. The average Bonchev–Trinajstić information content (AvgIpc) is 2.34. The summed E-state index contributed by atoms with van der Waals surface area (Å²) in [4.78, 5) is 0. The molecule has 1 atom stereocenters. The summed E-state index contributed by atoms with van der Waals surface area (Å²) in [5.74, 6) is -0.848. The van der Waals surface area contributed by atoms with E-state index < -0.39 is 11.6 Å². The molecule has 0 radical (unpaired) electrons. The van der Waals surface area contributed by atoms with Crippen LogP contribution in [0.2, 0.25) is 0 Å². The minimum Gasteiger partial charge on any atom is -0.454 e. The van der Waals surface area contributed by atoms with Gasteiger partial charge in [-0.15, -0.1) is 0 Å². The zero-order valence-corrected chi connectivity index (χ0v) is 9.86. The van der Waals surface area contributed by atoms with Gasteiger partial charge in [-0.05, 0) is 36.8 Å². The van der Waals surface area contributed by atoms with Gasteiger partial charge in [0.15, 0.2) is 11.6 Å². The van der Waals surface area contributed by atoms with Crippen molar-refractivity contribution < 1.29 is 13.5 Å². The molecule has 0 spiro atoms. The van der Waals surface area contributed by atoms with Crippen LogP contribution in [-0.4, -0.2) is 0 Å². The second kappa shape index (κ2) is 5.14. The SMILES string of the molecule is C[C@H](N)c1ccc(Oc2cc(F)ccc2F)cc1. The summed E-state index contributed by atoms with van der Waals surface area (Å²) in [6.07, 6.45) is 0. The molecule has 2 nitrogen and oxygen atoms in total. The first-order valence-electron chi connectivity index (χ1n) is 5.54. The summed E-state index contributed by atoms with van der Waals surface area (Å²) in [6, 6.07) is 9.92. The van der Waals surface area contributed by atoms with Gasteiger partial charge in [-0.1, -0.05) is 12.1 Å². The van der Waals surface area contributed by atoms with Gasteiger partial charge in [0.1, 0.15) is 11.6 Å². The predicted molar refractivity (Wildman–Crippen MR) is 65.5 cm³/mol. The van der Waals surface area contributed by atoms with E-state index in [1.165, 1.54) is 0 Å². The molecule has 0 saturated heterocycles. The Morgan fingerprint density at radius 1 is 1.06 bits per heavy atom. The molecule has 2 aromatic carbocycles. The monoisotopic (exact) mass is 249 g/mol. The predicted octanol–water partition coefficient (Wildman–Crippen LogP) is 3.78. The Labute approximate surface area is 104 Å². The molecule has 2 rings (SSSR count). The minimum atomic E-state index is -0.604. The van der Waals surface area contributed by atoms with Gasteiger partial charge < -0.3 is 10.5 Å². The van der Waals surface area contributed by atoms with Crippen LogP contribution in [0.5, 0.6) is 11.5 Å². The Morgan fingerprint density at radius 2 is 1.72 bits per heavy atom. The van der Waals surface area contributed by atoms with Crippen LogP contribution < -0.4 is 10.5 Å². The third-order valence-electron chi connectivity index (χ3n) is 2.53. The first kappa shape index (κ1) is 12.5. The van der Waals surface area contributed by atoms with Crippen LogP contribution >= 0.6 is 0 Å². The summed E-state index contributed by atoms with van der Waals surface area (Å²) in [5, 5.41) is 0. The quantitative estimate of drug-likeness (QED) is 0.898. The van der Waals surface area contributed by atoms with Crippen molar-refractivity contribution in [1.82, 2.24) is 0 Å². The van der Waals surface area contributed by atoms with Crippen molar-refractivity contribution in [3.05, 3.63) is 59.7 Å². The fourth-order valence-electron chi connectivity index (χ4n) is 1.52. The Morgan fingerprint density at radius 3 is 2.33 bits per heavy atom. The standard InChI is InChI=1S/C14H13F2NO/c1-9(17)10-2-5-12(6-3-10)18-14-8-11(15)4-7-13(14)16/h2-9H,17H2,1H3/t9-/m0/s1. The lowest BCUT2D eigenvalue weighted by atomic mass is 10.1. The van der Waals surface area contributed by atoms with E-state index in [0.29, 0.717) is 5.75 Å². The molecule has 0 heterocycles. The van der Waals surface area contributed by atoms with Crippen LogP contribution in [-0.2, 0) is 0 Å². The Hall–Kier alpha value is -1.94. The van der Waals surface area contributed by atoms with Gasteiger partial charge >= 0.3 is 0 Å². The summed E-state index contributed by atoms with van der Waals surface area (Å²) >= 11 is 0. The van der Waals surface area contributed by atoms with Gasteiger partial charge in [-0.25, -0.2) is 8.78 Å². The van der Waals surface area contributed by atoms with E-state index in [1.807, 2.05) is 6.92 Å². The number of hydrogen-bond acceptors (Lipinski definition) is 2. The van der Waals surface area contributed by atoms with E-state index in [4.69, 9.17) is 10.5 Å². The molecule has 0 aliphatic carbocycles. The molecule has 0 unspecified atom stereocenters. The second-order valence-corrected chi connectivity index (χ2v) is 4.03. The lowest BCUT2D eigenvalue weighted by Crippen LogP contribution is -2.04. The zero-order valence-electron chi connectivity index (χ0n) is 9.86. The van der Waals surface area contributed by atoms with Crippen molar-refractivity contribution in [1.29, 1.82) is 0 Å². The van der Waals surface area contributed by atoms with Crippen molar-refractivity contribution in [2.75, 3.05) is 0 Å². The highest BCUT2D eigenvalue weighted by molar-refractivity contribution is 5.34. The van der Waals surface area contributed by atoms with Crippen molar-refractivity contribution in [3.8, 4) is 11.5 Å². The van der Waals surface area contributed by atoms with Gasteiger partial charge in [0, 0.05) is 12.1 Å². The van der Waals surface area contributed by atoms with Gasteiger partial charge in [0.05, 0.1) is 0 Å². The van der Waals surface area contributed by atoms with Crippen LogP contribution in [0.25, 0.3) is 0 Å². The molecule has 0 bridgehead atoms.